The summed E-state index contributed by atoms with van der Waals surface area (Å²) in [5, 5.41) is 2.68. The van der Waals surface area contributed by atoms with Crippen molar-refractivity contribution >= 4 is 17.8 Å². The standard InChI is InChI=1S/C18H21N3O3/c1-2-24-18(23)21(13-12-19)17(22)20-16-10-8-15(9-11-16)14-6-4-3-5-7-14/h3-11H,2,12-13,19H2,1H3,(H,20,22). The van der Waals surface area contributed by atoms with Crippen molar-refractivity contribution in [1.29, 1.82) is 0 Å². The molecule has 24 heavy (non-hydrogen) atoms. The highest BCUT2D eigenvalue weighted by Gasteiger charge is 2.21. The molecule has 0 spiro atoms. The molecule has 0 atom stereocenters. The molecule has 0 aliphatic carbocycles. The fourth-order valence-corrected chi connectivity index (χ4v) is 2.17. The summed E-state index contributed by atoms with van der Waals surface area (Å²) in [6.45, 7) is 2.13. The van der Waals surface area contributed by atoms with Gasteiger partial charge in [-0.1, -0.05) is 42.5 Å². The Balaban J connectivity index is 2.06. The maximum atomic E-state index is 12.2. The van der Waals surface area contributed by atoms with E-state index in [-0.39, 0.29) is 19.7 Å². The molecule has 0 fully saturated rings. The number of nitrogens with two attached hydrogens (primary N) is 1. The second kappa shape index (κ2) is 8.69. The summed E-state index contributed by atoms with van der Waals surface area (Å²) in [7, 11) is 0. The minimum absolute atomic E-state index is 0.0900. The van der Waals surface area contributed by atoms with Gasteiger partial charge in [0.15, 0.2) is 0 Å². The number of nitrogens with zero attached hydrogens (tertiary/aromatic N) is 1. The molecule has 0 heterocycles. The average molecular weight is 327 g/mol. The fraction of sp³-hybridized carbons (Fsp3) is 0.222. The molecular formula is C18H21N3O3. The Labute approximate surface area is 141 Å². The number of amides is 3. The van der Waals surface area contributed by atoms with Crippen LogP contribution in [0.4, 0.5) is 15.3 Å². The molecule has 0 aliphatic rings. The molecule has 0 saturated heterocycles. The van der Waals surface area contributed by atoms with Gasteiger partial charge in [0.1, 0.15) is 0 Å². The van der Waals surface area contributed by atoms with Crippen LogP contribution < -0.4 is 11.1 Å². The number of carbonyl (C=O) groups is 2. The lowest BCUT2D eigenvalue weighted by Crippen LogP contribution is -2.43. The quantitative estimate of drug-likeness (QED) is 0.882. The molecule has 0 radical (unpaired) electrons. The first-order valence-electron chi connectivity index (χ1n) is 7.76. The van der Waals surface area contributed by atoms with Crippen LogP contribution in [0.2, 0.25) is 0 Å². The van der Waals surface area contributed by atoms with Gasteiger partial charge in [-0.3, -0.25) is 0 Å². The molecule has 2 rings (SSSR count). The average Bonchev–Trinajstić information content (AvgIpc) is 2.61. The van der Waals surface area contributed by atoms with Crippen LogP contribution in [0, 0.1) is 0 Å². The van der Waals surface area contributed by atoms with Crippen molar-refractivity contribution in [1.82, 2.24) is 4.90 Å². The normalized spacial score (nSPS) is 10.1. The Kier molecular flexibility index (Phi) is 6.33. The van der Waals surface area contributed by atoms with Crippen molar-refractivity contribution in [3.63, 3.8) is 0 Å². The third kappa shape index (κ3) is 4.57. The van der Waals surface area contributed by atoms with E-state index in [1.54, 1.807) is 19.1 Å². The van der Waals surface area contributed by atoms with E-state index in [4.69, 9.17) is 10.5 Å². The zero-order valence-electron chi connectivity index (χ0n) is 13.6. The Morgan fingerprint density at radius 3 is 2.25 bits per heavy atom. The van der Waals surface area contributed by atoms with Crippen LogP contribution in [0.1, 0.15) is 6.92 Å². The second-order valence-corrected chi connectivity index (χ2v) is 5.01. The van der Waals surface area contributed by atoms with E-state index in [1.807, 2.05) is 42.5 Å². The third-order valence-corrected chi connectivity index (χ3v) is 3.33. The molecule has 0 aliphatic heterocycles. The van der Waals surface area contributed by atoms with E-state index in [1.165, 1.54) is 0 Å². The minimum atomic E-state index is -0.707. The first kappa shape index (κ1) is 17.5. The predicted molar refractivity (Wildman–Crippen MR) is 93.7 cm³/mol. The lowest BCUT2D eigenvalue weighted by Gasteiger charge is -2.19. The van der Waals surface area contributed by atoms with E-state index in [0.29, 0.717) is 5.69 Å². The van der Waals surface area contributed by atoms with Crippen molar-refractivity contribution < 1.29 is 14.3 Å². The van der Waals surface area contributed by atoms with Gasteiger partial charge in [-0.2, -0.15) is 0 Å². The third-order valence-electron chi connectivity index (χ3n) is 3.33. The molecule has 2 aromatic rings. The van der Waals surface area contributed by atoms with Gasteiger partial charge in [-0.25, -0.2) is 14.5 Å². The van der Waals surface area contributed by atoms with Gasteiger partial charge >= 0.3 is 12.1 Å². The molecule has 0 saturated carbocycles. The van der Waals surface area contributed by atoms with Crippen LogP contribution in [-0.4, -0.2) is 36.7 Å². The van der Waals surface area contributed by atoms with Crippen molar-refractivity contribution in [2.24, 2.45) is 5.73 Å². The minimum Gasteiger partial charge on any atom is -0.449 e. The van der Waals surface area contributed by atoms with Crippen LogP contribution >= 0.6 is 0 Å². The summed E-state index contributed by atoms with van der Waals surface area (Å²) in [5.41, 5.74) is 8.17. The summed E-state index contributed by atoms with van der Waals surface area (Å²) in [6.07, 6.45) is -0.707. The molecule has 2 aromatic carbocycles. The summed E-state index contributed by atoms with van der Waals surface area (Å²) < 4.78 is 4.86. The van der Waals surface area contributed by atoms with Gasteiger partial charge < -0.3 is 15.8 Å². The van der Waals surface area contributed by atoms with E-state index in [2.05, 4.69) is 5.32 Å². The van der Waals surface area contributed by atoms with Gasteiger partial charge in [0, 0.05) is 18.8 Å². The number of anilines is 1. The molecule has 0 unspecified atom stereocenters. The smallest absolute Gasteiger partial charge is 0.418 e. The maximum Gasteiger partial charge on any atom is 0.418 e. The van der Waals surface area contributed by atoms with Crippen molar-refractivity contribution in [3.8, 4) is 11.1 Å². The molecule has 6 heteroatoms. The van der Waals surface area contributed by atoms with Crippen LogP contribution in [-0.2, 0) is 4.74 Å². The SMILES string of the molecule is CCOC(=O)N(CCN)C(=O)Nc1ccc(-c2ccccc2)cc1. The van der Waals surface area contributed by atoms with Crippen LogP contribution in [0.15, 0.2) is 54.6 Å². The predicted octanol–water partition coefficient (Wildman–Crippen LogP) is 3.30. The second-order valence-electron chi connectivity index (χ2n) is 5.01. The van der Waals surface area contributed by atoms with E-state index >= 15 is 0 Å². The number of ether oxygens (including phenoxy) is 1. The number of carbonyl (C=O) groups excluding carboxylic acids is 2. The number of imide groups is 1. The van der Waals surface area contributed by atoms with Gasteiger partial charge in [0.2, 0.25) is 0 Å². The van der Waals surface area contributed by atoms with Gasteiger partial charge in [-0.15, -0.1) is 0 Å². The summed E-state index contributed by atoms with van der Waals surface area (Å²) in [6, 6.07) is 16.7. The molecule has 0 bridgehead atoms. The van der Waals surface area contributed by atoms with Crippen LogP contribution in [0.25, 0.3) is 11.1 Å². The van der Waals surface area contributed by atoms with Gasteiger partial charge in [0.25, 0.3) is 0 Å². The van der Waals surface area contributed by atoms with E-state index in [0.717, 1.165) is 16.0 Å². The monoisotopic (exact) mass is 327 g/mol. The molecule has 6 nitrogen and oxygen atoms in total. The lowest BCUT2D eigenvalue weighted by molar-refractivity contribution is 0.118. The lowest BCUT2D eigenvalue weighted by atomic mass is 10.1. The molecule has 0 aromatic heterocycles. The zero-order valence-corrected chi connectivity index (χ0v) is 13.6. The number of urea groups is 1. The maximum absolute atomic E-state index is 12.2. The first-order chi connectivity index (χ1) is 11.7. The Morgan fingerprint density at radius 1 is 1.04 bits per heavy atom. The van der Waals surface area contributed by atoms with Crippen molar-refractivity contribution in [2.45, 2.75) is 6.92 Å². The number of hydrogen-bond donors (Lipinski definition) is 2. The summed E-state index contributed by atoms with van der Waals surface area (Å²) in [4.78, 5) is 25.0. The van der Waals surface area contributed by atoms with Crippen molar-refractivity contribution in [2.75, 3.05) is 25.0 Å². The molecule has 3 amide bonds. The Hall–Kier alpha value is -2.86. The topological polar surface area (TPSA) is 84.7 Å². The summed E-state index contributed by atoms with van der Waals surface area (Å²) in [5.74, 6) is 0. The molecular weight excluding hydrogens is 306 g/mol. The van der Waals surface area contributed by atoms with Gasteiger partial charge in [-0.05, 0) is 30.2 Å². The molecule has 3 N–H and O–H groups in total. The number of hydrogen-bond acceptors (Lipinski definition) is 4. The molecule has 126 valence electrons. The van der Waals surface area contributed by atoms with Crippen LogP contribution in [0.5, 0.6) is 0 Å². The highest BCUT2D eigenvalue weighted by molar-refractivity contribution is 5.99. The Bertz CT molecular complexity index is 672. The largest absolute Gasteiger partial charge is 0.449 e. The first-order valence-corrected chi connectivity index (χ1v) is 7.76. The van der Waals surface area contributed by atoms with E-state index < -0.39 is 12.1 Å². The number of rotatable bonds is 5. The van der Waals surface area contributed by atoms with E-state index in [9.17, 15) is 9.59 Å². The van der Waals surface area contributed by atoms with Gasteiger partial charge in [0.05, 0.1) is 6.61 Å². The highest BCUT2D eigenvalue weighted by atomic mass is 16.6. The van der Waals surface area contributed by atoms with Crippen LogP contribution in [0.3, 0.4) is 0 Å². The Morgan fingerprint density at radius 2 is 1.67 bits per heavy atom. The summed E-state index contributed by atoms with van der Waals surface area (Å²) >= 11 is 0. The number of nitrogens with one attached hydrogen (secondary N) is 1. The fourth-order valence-electron chi connectivity index (χ4n) is 2.17. The van der Waals surface area contributed by atoms with Crippen molar-refractivity contribution in [3.05, 3.63) is 54.6 Å². The zero-order chi connectivity index (χ0) is 17.4. The highest BCUT2D eigenvalue weighted by Crippen LogP contribution is 2.21. The number of benzene rings is 2.